The van der Waals surface area contributed by atoms with Crippen LogP contribution in [0.3, 0.4) is 0 Å². The number of rotatable bonds is 3. The summed E-state index contributed by atoms with van der Waals surface area (Å²) in [5.74, 6) is -0.985. The second-order valence-electron chi connectivity index (χ2n) is 4.08. The minimum Gasteiger partial charge on any atom is -0.478 e. The Morgan fingerprint density at radius 1 is 1.59 bits per heavy atom. The van der Waals surface area contributed by atoms with E-state index in [1.165, 1.54) is 0 Å². The Labute approximate surface area is 104 Å². The van der Waals surface area contributed by atoms with E-state index in [9.17, 15) is 4.79 Å². The van der Waals surface area contributed by atoms with Gasteiger partial charge in [-0.25, -0.2) is 4.79 Å². The predicted octanol–water partition coefficient (Wildman–Crippen LogP) is 2.24. The molecule has 92 valence electrons. The molecule has 1 aliphatic heterocycles. The normalized spacial score (nSPS) is 23.8. The van der Waals surface area contributed by atoms with Crippen LogP contribution < -0.4 is 5.73 Å². The lowest BCUT2D eigenvalue weighted by atomic mass is 10.2. The first-order chi connectivity index (χ1) is 8.08. The molecule has 5 heteroatoms. The summed E-state index contributed by atoms with van der Waals surface area (Å²) in [6.07, 6.45) is 1.21. The van der Waals surface area contributed by atoms with E-state index in [1.807, 2.05) is 13.0 Å². The third kappa shape index (κ3) is 2.73. The second kappa shape index (κ2) is 4.98. The van der Waals surface area contributed by atoms with Gasteiger partial charge < -0.3 is 15.6 Å². The molecule has 0 bridgehead atoms. The molecule has 3 N–H and O–H groups in total. The van der Waals surface area contributed by atoms with Gasteiger partial charge in [-0.15, -0.1) is 11.8 Å². The number of ether oxygens (including phenoxy) is 1. The largest absolute Gasteiger partial charge is 0.478 e. The third-order valence-corrected chi connectivity index (χ3v) is 4.30. The molecule has 1 heterocycles. The van der Waals surface area contributed by atoms with Gasteiger partial charge in [0.15, 0.2) is 0 Å². The van der Waals surface area contributed by atoms with E-state index in [2.05, 4.69) is 0 Å². The van der Waals surface area contributed by atoms with Crippen LogP contribution >= 0.6 is 11.8 Å². The zero-order valence-corrected chi connectivity index (χ0v) is 10.4. The number of hydrogen-bond donors (Lipinski definition) is 2. The minimum absolute atomic E-state index is 0.168. The third-order valence-electron chi connectivity index (χ3n) is 2.85. The van der Waals surface area contributed by atoms with Gasteiger partial charge in [-0.3, -0.25) is 0 Å². The van der Waals surface area contributed by atoms with Crippen LogP contribution in [0.2, 0.25) is 0 Å². The molecule has 4 nitrogen and oxygen atoms in total. The van der Waals surface area contributed by atoms with Gasteiger partial charge in [0, 0.05) is 22.4 Å². The lowest BCUT2D eigenvalue weighted by Gasteiger charge is -2.14. The Morgan fingerprint density at radius 3 is 2.94 bits per heavy atom. The van der Waals surface area contributed by atoms with E-state index in [0.717, 1.165) is 17.9 Å². The van der Waals surface area contributed by atoms with Crippen molar-refractivity contribution in [3.8, 4) is 0 Å². The Bertz CT molecular complexity index is 436. The van der Waals surface area contributed by atoms with Crippen molar-refractivity contribution in [3.63, 3.8) is 0 Å². The van der Waals surface area contributed by atoms with E-state index in [1.54, 1.807) is 23.9 Å². The highest BCUT2D eigenvalue weighted by molar-refractivity contribution is 8.00. The summed E-state index contributed by atoms with van der Waals surface area (Å²) in [6, 6.07) is 5.14. The summed E-state index contributed by atoms with van der Waals surface area (Å²) in [5, 5.41) is 9.38. The fourth-order valence-corrected chi connectivity index (χ4v) is 3.00. The van der Waals surface area contributed by atoms with Crippen molar-refractivity contribution in [1.29, 1.82) is 0 Å². The summed E-state index contributed by atoms with van der Waals surface area (Å²) in [6.45, 7) is 2.82. The number of thioether (sulfide) groups is 1. The maximum Gasteiger partial charge on any atom is 0.337 e. The lowest BCUT2D eigenvalue weighted by Crippen LogP contribution is -2.13. The molecule has 2 atom stereocenters. The number of nitrogen functional groups attached to an aromatic ring is 1. The average Bonchev–Trinajstić information content (AvgIpc) is 2.67. The molecule has 2 unspecified atom stereocenters. The van der Waals surface area contributed by atoms with Crippen LogP contribution in [0.5, 0.6) is 0 Å². The molecule has 1 aromatic carbocycles. The molecule has 1 fully saturated rings. The molecule has 0 amide bonds. The van der Waals surface area contributed by atoms with Crippen LogP contribution in [-0.4, -0.2) is 29.0 Å². The van der Waals surface area contributed by atoms with Crippen LogP contribution in [0.1, 0.15) is 23.7 Å². The fraction of sp³-hybridized carbons (Fsp3) is 0.417. The van der Waals surface area contributed by atoms with Crippen LogP contribution in [0.4, 0.5) is 5.69 Å². The molecule has 0 spiro atoms. The maximum absolute atomic E-state index is 11.0. The summed E-state index contributed by atoms with van der Waals surface area (Å²) in [4.78, 5) is 11.9. The first kappa shape index (κ1) is 12.3. The highest BCUT2D eigenvalue weighted by atomic mass is 32.2. The molecule has 0 saturated carbocycles. The molecule has 0 aliphatic carbocycles. The number of benzene rings is 1. The number of aromatic carboxylic acids is 1. The average molecular weight is 253 g/mol. The van der Waals surface area contributed by atoms with Crippen LogP contribution in [0.15, 0.2) is 23.1 Å². The molecule has 1 saturated heterocycles. The van der Waals surface area contributed by atoms with Gasteiger partial charge >= 0.3 is 5.97 Å². The monoisotopic (exact) mass is 253 g/mol. The summed E-state index contributed by atoms with van der Waals surface area (Å²) >= 11 is 1.66. The van der Waals surface area contributed by atoms with Crippen molar-refractivity contribution in [2.45, 2.75) is 29.6 Å². The number of carboxylic acid groups (broad SMARTS) is 1. The Hall–Kier alpha value is -1.20. The number of anilines is 1. The van der Waals surface area contributed by atoms with Crippen molar-refractivity contribution in [2.75, 3.05) is 12.3 Å². The summed E-state index contributed by atoms with van der Waals surface area (Å²) in [7, 11) is 0. The smallest absolute Gasteiger partial charge is 0.337 e. The predicted molar refractivity (Wildman–Crippen MR) is 67.5 cm³/mol. The van der Waals surface area contributed by atoms with Gasteiger partial charge in [-0.05, 0) is 31.5 Å². The zero-order valence-electron chi connectivity index (χ0n) is 9.55. The van der Waals surface area contributed by atoms with Gasteiger partial charge in [0.25, 0.3) is 0 Å². The second-order valence-corrected chi connectivity index (χ2v) is 5.39. The van der Waals surface area contributed by atoms with Gasteiger partial charge in [0.2, 0.25) is 0 Å². The zero-order chi connectivity index (χ0) is 12.4. The molecule has 0 aromatic heterocycles. The van der Waals surface area contributed by atoms with Crippen LogP contribution in [0.25, 0.3) is 0 Å². The number of nitrogens with two attached hydrogens (primary N) is 1. The quantitative estimate of drug-likeness (QED) is 0.808. The SMILES string of the molecule is CC1OCCC1Sc1ccc(N)c(C(=O)O)c1. The number of hydrogen-bond acceptors (Lipinski definition) is 4. The first-order valence-corrected chi connectivity index (χ1v) is 6.37. The van der Waals surface area contributed by atoms with Crippen molar-refractivity contribution >= 4 is 23.4 Å². The van der Waals surface area contributed by atoms with Gasteiger partial charge in [0.1, 0.15) is 0 Å². The first-order valence-electron chi connectivity index (χ1n) is 5.49. The van der Waals surface area contributed by atoms with E-state index >= 15 is 0 Å². The van der Waals surface area contributed by atoms with Crippen LogP contribution in [0, 0.1) is 0 Å². The summed E-state index contributed by atoms with van der Waals surface area (Å²) < 4.78 is 5.48. The molecule has 1 aliphatic rings. The Morgan fingerprint density at radius 2 is 2.35 bits per heavy atom. The van der Waals surface area contributed by atoms with Crippen molar-refractivity contribution in [2.24, 2.45) is 0 Å². The molecule has 0 radical (unpaired) electrons. The van der Waals surface area contributed by atoms with E-state index in [0.29, 0.717) is 10.9 Å². The topological polar surface area (TPSA) is 72.5 Å². The fourth-order valence-electron chi connectivity index (χ4n) is 1.84. The van der Waals surface area contributed by atoms with Crippen LogP contribution in [-0.2, 0) is 4.74 Å². The van der Waals surface area contributed by atoms with E-state index in [-0.39, 0.29) is 11.7 Å². The standard InChI is InChI=1S/C12H15NO3S/c1-7-11(4-5-16-7)17-8-2-3-10(13)9(6-8)12(14)15/h2-3,6-7,11H,4-5,13H2,1H3,(H,14,15). The highest BCUT2D eigenvalue weighted by Gasteiger charge is 2.25. The highest BCUT2D eigenvalue weighted by Crippen LogP contribution is 2.33. The van der Waals surface area contributed by atoms with Crippen molar-refractivity contribution in [1.82, 2.24) is 0 Å². The molecule has 2 rings (SSSR count). The molecular formula is C12H15NO3S. The molecule has 17 heavy (non-hydrogen) atoms. The minimum atomic E-state index is -0.985. The lowest BCUT2D eigenvalue weighted by molar-refractivity contribution is 0.0698. The Kier molecular flexibility index (Phi) is 3.59. The van der Waals surface area contributed by atoms with Crippen molar-refractivity contribution in [3.05, 3.63) is 23.8 Å². The van der Waals surface area contributed by atoms with Crippen molar-refractivity contribution < 1.29 is 14.6 Å². The maximum atomic E-state index is 11.0. The Balaban J connectivity index is 2.16. The van der Waals surface area contributed by atoms with Gasteiger partial charge in [-0.1, -0.05) is 0 Å². The summed E-state index contributed by atoms with van der Waals surface area (Å²) in [5.41, 5.74) is 6.08. The van der Waals surface area contributed by atoms with E-state index < -0.39 is 5.97 Å². The number of carboxylic acids is 1. The van der Waals surface area contributed by atoms with Gasteiger partial charge in [-0.2, -0.15) is 0 Å². The van der Waals surface area contributed by atoms with E-state index in [4.69, 9.17) is 15.6 Å². The van der Waals surface area contributed by atoms with Gasteiger partial charge in [0.05, 0.1) is 11.7 Å². The number of carbonyl (C=O) groups is 1. The molecular weight excluding hydrogens is 238 g/mol. The molecule has 1 aromatic rings.